The molecule has 1 N–H and O–H groups in total. The second kappa shape index (κ2) is 7.17. The zero-order chi connectivity index (χ0) is 14.4. The largest absolute Gasteiger partial charge is 0.302 e. The second-order valence-corrected chi connectivity index (χ2v) is 5.24. The maximum atomic E-state index is 11.8. The van der Waals surface area contributed by atoms with Crippen LogP contribution in [0.2, 0.25) is 0 Å². The number of halogens is 1. The molecule has 0 aliphatic rings. The third-order valence-corrected chi connectivity index (χ3v) is 3.69. The molecule has 1 amide bonds. The van der Waals surface area contributed by atoms with E-state index in [9.17, 15) is 9.59 Å². The zero-order valence-electron chi connectivity index (χ0n) is 10.6. The third-order valence-electron chi connectivity index (χ3n) is 2.61. The Morgan fingerprint density at radius 2 is 1.95 bits per heavy atom. The molecule has 2 aromatic rings. The Labute approximate surface area is 125 Å². The van der Waals surface area contributed by atoms with Gasteiger partial charge in [-0.25, -0.2) is 4.98 Å². The van der Waals surface area contributed by atoms with Gasteiger partial charge >= 0.3 is 0 Å². The van der Waals surface area contributed by atoms with E-state index in [-0.39, 0.29) is 24.5 Å². The molecule has 6 heteroatoms. The summed E-state index contributed by atoms with van der Waals surface area (Å²) in [6.07, 6.45) is 0.326. The van der Waals surface area contributed by atoms with E-state index in [4.69, 9.17) is 11.6 Å². The average molecular weight is 309 g/mol. The number of nitrogens with zero attached hydrogens (tertiary/aromatic N) is 1. The second-order valence-electron chi connectivity index (χ2n) is 4.12. The summed E-state index contributed by atoms with van der Waals surface area (Å²) in [6, 6.07) is 8.94. The quantitative estimate of drug-likeness (QED) is 0.656. The topological polar surface area (TPSA) is 59.1 Å². The lowest BCUT2D eigenvalue weighted by Crippen LogP contribution is -2.13. The summed E-state index contributed by atoms with van der Waals surface area (Å²) in [4.78, 5) is 27.7. The van der Waals surface area contributed by atoms with E-state index < -0.39 is 0 Å². The highest BCUT2D eigenvalue weighted by atomic mass is 35.5. The molecular weight excluding hydrogens is 296 g/mol. The van der Waals surface area contributed by atoms with Crippen molar-refractivity contribution in [1.29, 1.82) is 0 Å². The molecule has 0 spiro atoms. The van der Waals surface area contributed by atoms with E-state index in [2.05, 4.69) is 10.3 Å². The van der Waals surface area contributed by atoms with Gasteiger partial charge in [0.05, 0.1) is 11.6 Å². The maximum absolute atomic E-state index is 11.8. The fraction of sp³-hybridized carbons (Fsp3) is 0.214. The normalized spacial score (nSPS) is 10.2. The minimum atomic E-state index is -0.218. The zero-order valence-corrected chi connectivity index (χ0v) is 12.2. The summed E-state index contributed by atoms with van der Waals surface area (Å²) in [7, 11) is 0. The van der Waals surface area contributed by atoms with Gasteiger partial charge in [-0.05, 0) is 0 Å². The number of anilines is 1. The lowest BCUT2D eigenvalue weighted by Gasteiger charge is -2.02. The predicted octanol–water partition coefficient (Wildman–Crippen LogP) is 3.48. The Morgan fingerprint density at radius 1 is 1.20 bits per heavy atom. The molecule has 20 heavy (non-hydrogen) atoms. The number of rotatable bonds is 6. The summed E-state index contributed by atoms with van der Waals surface area (Å²) >= 11 is 6.95. The van der Waals surface area contributed by atoms with Crippen LogP contribution in [0.4, 0.5) is 5.13 Å². The monoisotopic (exact) mass is 308 g/mol. The molecule has 0 aliphatic carbocycles. The highest BCUT2D eigenvalue weighted by Crippen LogP contribution is 2.17. The maximum Gasteiger partial charge on any atom is 0.226 e. The third kappa shape index (κ3) is 4.15. The number of carbonyl (C=O) groups excluding carboxylic acids is 2. The molecule has 0 radical (unpaired) electrons. The van der Waals surface area contributed by atoms with Crippen LogP contribution in [0.1, 0.15) is 28.9 Å². The van der Waals surface area contributed by atoms with Crippen LogP contribution < -0.4 is 5.32 Å². The lowest BCUT2D eigenvalue weighted by molar-refractivity contribution is -0.116. The van der Waals surface area contributed by atoms with Gasteiger partial charge in [0.2, 0.25) is 5.91 Å². The van der Waals surface area contributed by atoms with Gasteiger partial charge in [-0.15, -0.1) is 22.9 Å². The number of hydrogen-bond donors (Lipinski definition) is 1. The Morgan fingerprint density at radius 3 is 2.60 bits per heavy atom. The van der Waals surface area contributed by atoms with E-state index >= 15 is 0 Å². The van der Waals surface area contributed by atoms with Crippen molar-refractivity contribution in [1.82, 2.24) is 4.98 Å². The van der Waals surface area contributed by atoms with Crippen LogP contribution in [-0.4, -0.2) is 16.7 Å². The van der Waals surface area contributed by atoms with Crippen molar-refractivity contribution in [2.45, 2.75) is 18.7 Å². The molecule has 4 nitrogen and oxygen atoms in total. The number of amides is 1. The molecule has 1 aromatic carbocycles. The van der Waals surface area contributed by atoms with Gasteiger partial charge in [0.15, 0.2) is 10.9 Å². The highest BCUT2D eigenvalue weighted by Gasteiger charge is 2.10. The molecule has 0 saturated heterocycles. The number of carbonyl (C=O) groups is 2. The van der Waals surface area contributed by atoms with Crippen LogP contribution in [0.15, 0.2) is 35.7 Å². The first-order valence-electron chi connectivity index (χ1n) is 6.07. The number of hydrogen-bond acceptors (Lipinski definition) is 4. The van der Waals surface area contributed by atoms with Gasteiger partial charge in [-0.1, -0.05) is 30.3 Å². The Kier molecular flexibility index (Phi) is 5.26. The molecule has 0 fully saturated rings. The van der Waals surface area contributed by atoms with Crippen molar-refractivity contribution in [3.05, 3.63) is 47.0 Å². The molecule has 104 valence electrons. The van der Waals surface area contributed by atoms with Crippen LogP contribution in [0, 0.1) is 0 Å². The molecule has 0 aliphatic heterocycles. The van der Waals surface area contributed by atoms with Gasteiger partial charge < -0.3 is 5.32 Å². The van der Waals surface area contributed by atoms with Crippen LogP contribution in [0.25, 0.3) is 0 Å². The summed E-state index contributed by atoms with van der Waals surface area (Å²) < 4.78 is 0. The van der Waals surface area contributed by atoms with Crippen molar-refractivity contribution >= 4 is 39.8 Å². The summed E-state index contributed by atoms with van der Waals surface area (Å²) in [5.74, 6) is 0.0601. The van der Waals surface area contributed by atoms with E-state index in [1.165, 1.54) is 11.3 Å². The first kappa shape index (κ1) is 14.7. The number of thiazole rings is 1. The number of nitrogens with one attached hydrogen (secondary N) is 1. The number of benzene rings is 1. The fourth-order valence-corrected chi connectivity index (χ4v) is 2.56. The first-order valence-corrected chi connectivity index (χ1v) is 7.49. The van der Waals surface area contributed by atoms with E-state index in [0.29, 0.717) is 16.6 Å². The average Bonchev–Trinajstić information content (AvgIpc) is 2.93. The number of aromatic nitrogens is 1. The molecular formula is C14H13ClN2O2S. The van der Waals surface area contributed by atoms with Gasteiger partial charge in [0, 0.05) is 23.8 Å². The molecule has 2 rings (SSSR count). The summed E-state index contributed by atoms with van der Waals surface area (Å²) in [5.41, 5.74) is 1.35. The minimum absolute atomic E-state index is 0.0404. The Hall–Kier alpha value is -1.72. The number of ketones is 1. The van der Waals surface area contributed by atoms with E-state index in [1.807, 2.05) is 6.07 Å². The Bertz CT molecular complexity index is 598. The van der Waals surface area contributed by atoms with Crippen molar-refractivity contribution < 1.29 is 9.59 Å². The van der Waals surface area contributed by atoms with Crippen molar-refractivity contribution in [3.8, 4) is 0 Å². The fourth-order valence-electron chi connectivity index (χ4n) is 1.60. The van der Waals surface area contributed by atoms with Gasteiger partial charge in [0.25, 0.3) is 0 Å². The van der Waals surface area contributed by atoms with Crippen molar-refractivity contribution in [2.75, 3.05) is 5.32 Å². The number of Topliss-reactive ketones (excluding diaryl/α,β-unsaturated/α-hetero) is 1. The molecule has 0 saturated carbocycles. The highest BCUT2D eigenvalue weighted by molar-refractivity contribution is 7.13. The molecule has 0 bridgehead atoms. The van der Waals surface area contributed by atoms with Gasteiger partial charge in [-0.3, -0.25) is 9.59 Å². The van der Waals surface area contributed by atoms with Crippen LogP contribution in [-0.2, 0) is 10.7 Å². The van der Waals surface area contributed by atoms with Crippen molar-refractivity contribution in [3.63, 3.8) is 0 Å². The van der Waals surface area contributed by atoms with Crippen molar-refractivity contribution in [2.24, 2.45) is 0 Å². The lowest BCUT2D eigenvalue weighted by atomic mass is 10.1. The van der Waals surface area contributed by atoms with Crippen LogP contribution in [0.3, 0.4) is 0 Å². The predicted molar refractivity (Wildman–Crippen MR) is 80.3 cm³/mol. The number of alkyl halides is 1. The molecule has 0 atom stereocenters. The van der Waals surface area contributed by atoms with Gasteiger partial charge in [-0.2, -0.15) is 0 Å². The standard InChI is InChI=1S/C14H13ClN2O2S/c15-8-11-9-20-14(16-11)17-13(19)7-6-12(18)10-4-2-1-3-5-10/h1-5,9H,6-8H2,(H,16,17,19). The van der Waals surface area contributed by atoms with E-state index in [1.54, 1.807) is 29.6 Å². The van der Waals surface area contributed by atoms with Crippen LogP contribution >= 0.6 is 22.9 Å². The summed E-state index contributed by atoms with van der Waals surface area (Å²) in [6.45, 7) is 0. The summed E-state index contributed by atoms with van der Waals surface area (Å²) in [5, 5.41) is 4.96. The Balaban J connectivity index is 1.82. The minimum Gasteiger partial charge on any atom is -0.302 e. The van der Waals surface area contributed by atoms with Gasteiger partial charge in [0.1, 0.15) is 0 Å². The molecule has 1 aromatic heterocycles. The molecule has 0 unspecified atom stereocenters. The van der Waals surface area contributed by atoms with E-state index in [0.717, 1.165) is 5.69 Å². The SMILES string of the molecule is O=C(CCC(=O)c1ccccc1)Nc1nc(CCl)cs1. The first-order chi connectivity index (χ1) is 9.69. The smallest absolute Gasteiger partial charge is 0.226 e. The van der Waals surface area contributed by atoms with Crippen LogP contribution in [0.5, 0.6) is 0 Å². The molecule has 1 heterocycles.